The molecule has 0 radical (unpaired) electrons. The maximum Gasteiger partial charge on any atom is 0.153 e. The van der Waals surface area contributed by atoms with Gasteiger partial charge in [-0.1, -0.05) is 29.3 Å². The van der Waals surface area contributed by atoms with E-state index in [0.717, 1.165) is 6.07 Å². The van der Waals surface area contributed by atoms with Crippen LogP contribution in [0.15, 0.2) is 36.4 Å². The Bertz CT molecular complexity index is 625. The SMILES string of the molecule is O=Cc1cc(F)ccc1Cl.O=Cc1cccc(Cl)c1F. The molecule has 0 aliphatic carbocycles. The summed E-state index contributed by atoms with van der Waals surface area (Å²) in [6.45, 7) is 0. The van der Waals surface area contributed by atoms with Crippen molar-refractivity contribution in [2.45, 2.75) is 0 Å². The third kappa shape index (κ3) is 4.40. The molecule has 0 atom stereocenters. The largest absolute Gasteiger partial charge is 0.298 e. The second-order valence-corrected chi connectivity index (χ2v) is 4.36. The number of carbonyl (C=O) groups is 2. The van der Waals surface area contributed by atoms with Crippen molar-refractivity contribution in [3.63, 3.8) is 0 Å². The molecule has 0 N–H and O–H groups in total. The zero-order valence-electron chi connectivity index (χ0n) is 9.95. The van der Waals surface area contributed by atoms with E-state index in [0.29, 0.717) is 12.6 Å². The van der Waals surface area contributed by atoms with Gasteiger partial charge in [-0.05, 0) is 30.3 Å². The van der Waals surface area contributed by atoms with Crippen LogP contribution in [-0.2, 0) is 0 Å². The first-order chi connectivity index (χ1) is 9.49. The maximum atomic E-state index is 12.6. The summed E-state index contributed by atoms with van der Waals surface area (Å²) < 4.78 is 25.0. The fraction of sp³-hybridized carbons (Fsp3) is 0. The summed E-state index contributed by atoms with van der Waals surface area (Å²) in [5.74, 6) is -1.11. The van der Waals surface area contributed by atoms with Crippen LogP contribution in [0.25, 0.3) is 0 Å². The predicted molar refractivity (Wildman–Crippen MR) is 73.6 cm³/mol. The molecule has 0 saturated heterocycles. The molecule has 0 heterocycles. The standard InChI is InChI=1S/2C7H4ClFO/c8-7-2-1-6(9)3-5(7)4-10;8-6-3-1-2-5(4-10)7(6)9/h2*1-4H. The van der Waals surface area contributed by atoms with Crippen LogP contribution in [0.1, 0.15) is 20.7 Å². The molecule has 104 valence electrons. The van der Waals surface area contributed by atoms with Gasteiger partial charge in [0.25, 0.3) is 0 Å². The van der Waals surface area contributed by atoms with E-state index in [1.165, 1.54) is 30.3 Å². The molecule has 0 saturated carbocycles. The molecule has 0 unspecified atom stereocenters. The topological polar surface area (TPSA) is 34.1 Å². The zero-order valence-corrected chi connectivity index (χ0v) is 11.5. The van der Waals surface area contributed by atoms with Gasteiger partial charge in [0.2, 0.25) is 0 Å². The molecule has 2 rings (SSSR count). The van der Waals surface area contributed by atoms with Gasteiger partial charge in [-0.15, -0.1) is 0 Å². The summed E-state index contributed by atoms with van der Waals surface area (Å²) in [5, 5.41) is 0.251. The number of carbonyl (C=O) groups excluding carboxylic acids is 2. The highest BCUT2D eigenvalue weighted by Crippen LogP contribution is 2.16. The van der Waals surface area contributed by atoms with Crippen molar-refractivity contribution in [3.8, 4) is 0 Å². The molecule has 0 spiro atoms. The first-order valence-corrected chi connectivity index (χ1v) is 6.04. The Morgan fingerprint density at radius 2 is 1.50 bits per heavy atom. The molecule has 6 heteroatoms. The summed E-state index contributed by atoms with van der Waals surface area (Å²) in [7, 11) is 0. The summed E-state index contributed by atoms with van der Waals surface area (Å²) in [6, 6.07) is 7.93. The van der Waals surface area contributed by atoms with Gasteiger partial charge in [0.15, 0.2) is 18.4 Å². The van der Waals surface area contributed by atoms with E-state index in [2.05, 4.69) is 0 Å². The Hall–Kier alpha value is -1.78. The quantitative estimate of drug-likeness (QED) is 0.760. The number of benzene rings is 2. The van der Waals surface area contributed by atoms with E-state index in [1.807, 2.05) is 0 Å². The number of halogens is 4. The number of hydrogen-bond donors (Lipinski definition) is 0. The molecule has 2 aromatic carbocycles. The van der Waals surface area contributed by atoms with Gasteiger partial charge >= 0.3 is 0 Å². The van der Waals surface area contributed by atoms with E-state index in [-0.39, 0.29) is 21.2 Å². The van der Waals surface area contributed by atoms with Gasteiger partial charge in [-0.25, -0.2) is 8.78 Å². The predicted octanol–water partition coefficient (Wildman–Crippen LogP) is 4.58. The van der Waals surface area contributed by atoms with Crippen molar-refractivity contribution in [1.29, 1.82) is 0 Å². The highest BCUT2D eigenvalue weighted by molar-refractivity contribution is 6.32. The van der Waals surface area contributed by atoms with Gasteiger partial charge in [-0.2, -0.15) is 0 Å². The number of hydrogen-bond acceptors (Lipinski definition) is 2. The fourth-order valence-electron chi connectivity index (χ4n) is 1.22. The van der Waals surface area contributed by atoms with Crippen LogP contribution in [0.3, 0.4) is 0 Å². The third-order valence-electron chi connectivity index (χ3n) is 2.19. The molecule has 2 aromatic rings. The molecule has 0 fully saturated rings. The molecule has 0 aromatic heterocycles. The minimum atomic E-state index is -0.654. The highest BCUT2D eigenvalue weighted by Gasteiger charge is 2.03. The van der Waals surface area contributed by atoms with E-state index in [9.17, 15) is 18.4 Å². The Labute approximate surface area is 123 Å². The van der Waals surface area contributed by atoms with Crippen LogP contribution in [-0.4, -0.2) is 12.6 Å². The van der Waals surface area contributed by atoms with Gasteiger partial charge in [-0.3, -0.25) is 9.59 Å². The average molecular weight is 317 g/mol. The maximum absolute atomic E-state index is 12.6. The lowest BCUT2D eigenvalue weighted by Gasteiger charge is -1.93. The normalized spacial score (nSPS) is 9.40. The van der Waals surface area contributed by atoms with Crippen molar-refractivity contribution in [3.05, 3.63) is 69.2 Å². The Morgan fingerprint density at radius 3 is 2.00 bits per heavy atom. The van der Waals surface area contributed by atoms with E-state index in [4.69, 9.17) is 23.2 Å². The van der Waals surface area contributed by atoms with Crippen molar-refractivity contribution in [2.75, 3.05) is 0 Å². The van der Waals surface area contributed by atoms with Gasteiger partial charge in [0, 0.05) is 5.56 Å². The minimum absolute atomic E-state index is 0.00694. The van der Waals surface area contributed by atoms with E-state index < -0.39 is 11.6 Å². The second kappa shape index (κ2) is 7.72. The summed E-state index contributed by atoms with van der Waals surface area (Å²) in [4.78, 5) is 20.2. The van der Waals surface area contributed by atoms with Crippen molar-refractivity contribution >= 4 is 35.8 Å². The number of aldehydes is 2. The lowest BCUT2D eigenvalue weighted by atomic mass is 10.2. The van der Waals surface area contributed by atoms with Crippen LogP contribution < -0.4 is 0 Å². The van der Waals surface area contributed by atoms with Crippen LogP contribution in [0.4, 0.5) is 8.78 Å². The smallest absolute Gasteiger partial charge is 0.153 e. The van der Waals surface area contributed by atoms with Gasteiger partial charge < -0.3 is 0 Å². The van der Waals surface area contributed by atoms with Gasteiger partial charge in [0.1, 0.15) is 5.82 Å². The lowest BCUT2D eigenvalue weighted by molar-refractivity contribution is 0.111. The summed E-state index contributed by atoms with van der Waals surface area (Å²) in [6.07, 6.45) is 0.951. The third-order valence-corrected chi connectivity index (χ3v) is 2.83. The molecule has 0 bridgehead atoms. The Kier molecular flexibility index (Phi) is 6.28. The fourth-order valence-corrected chi connectivity index (χ4v) is 1.56. The number of rotatable bonds is 2. The summed E-state index contributed by atoms with van der Waals surface area (Å²) in [5.41, 5.74) is 0.175. The van der Waals surface area contributed by atoms with Crippen molar-refractivity contribution in [2.24, 2.45) is 0 Å². The van der Waals surface area contributed by atoms with Crippen LogP contribution in [0.5, 0.6) is 0 Å². The first-order valence-electron chi connectivity index (χ1n) is 5.29. The lowest BCUT2D eigenvalue weighted by Crippen LogP contribution is -1.86. The Morgan fingerprint density at radius 1 is 0.850 bits per heavy atom. The molecule has 2 nitrogen and oxygen atoms in total. The summed E-state index contributed by atoms with van der Waals surface area (Å²) >= 11 is 10.9. The Balaban J connectivity index is 0.000000200. The molecule has 0 aliphatic heterocycles. The van der Waals surface area contributed by atoms with Crippen LogP contribution in [0, 0.1) is 11.6 Å². The van der Waals surface area contributed by atoms with Crippen LogP contribution >= 0.6 is 23.2 Å². The van der Waals surface area contributed by atoms with E-state index in [1.54, 1.807) is 0 Å². The zero-order chi connectivity index (χ0) is 15.1. The molecular weight excluding hydrogens is 309 g/mol. The molecule has 20 heavy (non-hydrogen) atoms. The first kappa shape index (κ1) is 16.3. The van der Waals surface area contributed by atoms with Crippen LogP contribution in [0.2, 0.25) is 10.0 Å². The van der Waals surface area contributed by atoms with E-state index >= 15 is 0 Å². The van der Waals surface area contributed by atoms with Crippen molar-refractivity contribution < 1.29 is 18.4 Å². The second-order valence-electron chi connectivity index (χ2n) is 3.54. The minimum Gasteiger partial charge on any atom is -0.298 e. The average Bonchev–Trinajstić information content (AvgIpc) is 2.45. The van der Waals surface area contributed by atoms with Crippen molar-refractivity contribution in [1.82, 2.24) is 0 Å². The molecular formula is C14H8Cl2F2O2. The van der Waals surface area contributed by atoms with Gasteiger partial charge in [0.05, 0.1) is 15.6 Å². The molecule has 0 aliphatic rings. The molecule has 0 amide bonds. The monoisotopic (exact) mass is 316 g/mol. The highest BCUT2D eigenvalue weighted by atomic mass is 35.5.